The fraction of sp³-hybridized carbons (Fsp3) is 0.417. The van der Waals surface area contributed by atoms with Gasteiger partial charge >= 0.3 is 0 Å². The van der Waals surface area contributed by atoms with Crippen molar-refractivity contribution in [2.45, 2.75) is 31.8 Å². The summed E-state index contributed by atoms with van der Waals surface area (Å²) in [5, 5.41) is 2.96. The lowest BCUT2D eigenvalue weighted by molar-refractivity contribution is -0.123. The molecule has 0 bridgehead atoms. The van der Waals surface area contributed by atoms with Crippen LogP contribution in [-0.2, 0) is 4.79 Å². The van der Waals surface area contributed by atoms with Gasteiger partial charge in [0.25, 0.3) is 0 Å². The summed E-state index contributed by atoms with van der Waals surface area (Å²) in [6.45, 7) is 2.05. The van der Waals surface area contributed by atoms with Gasteiger partial charge < -0.3 is 11.1 Å². The third-order valence-corrected chi connectivity index (χ3v) is 2.80. The number of hydrogen-bond acceptors (Lipinski definition) is 2. The van der Waals surface area contributed by atoms with Gasteiger partial charge in [0.05, 0.1) is 6.04 Å². The van der Waals surface area contributed by atoms with Gasteiger partial charge in [-0.25, -0.2) is 0 Å². The molecule has 3 heteroatoms. The summed E-state index contributed by atoms with van der Waals surface area (Å²) < 4.78 is 0. The molecule has 1 aliphatic rings. The molecule has 0 radical (unpaired) electrons. The smallest absolute Gasteiger partial charge is 0.222 e. The first kappa shape index (κ1) is 10.2. The van der Waals surface area contributed by atoms with Crippen molar-refractivity contribution in [3.05, 3.63) is 35.4 Å². The van der Waals surface area contributed by atoms with Gasteiger partial charge in [-0.1, -0.05) is 29.8 Å². The van der Waals surface area contributed by atoms with Crippen molar-refractivity contribution in [3.8, 4) is 0 Å². The number of rotatable bonds is 1. The van der Waals surface area contributed by atoms with Crippen LogP contribution in [0.15, 0.2) is 24.3 Å². The Kier molecular flexibility index (Phi) is 2.73. The quantitative estimate of drug-likeness (QED) is 0.724. The minimum Gasteiger partial charge on any atom is -0.349 e. The molecule has 15 heavy (non-hydrogen) atoms. The van der Waals surface area contributed by atoms with Crippen LogP contribution in [0.2, 0.25) is 0 Å². The van der Waals surface area contributed by atoms with E-state index in [1.54, 1.807) is 0 Å². The zero-order valence-corrected chi connectivity index (χ0v) is 8.86. The van der Waals surface area contributed by atoms with Crippen molar-refractivity contribution in [1.82, 2.24) is 5.32 Å². The highest BCUT2D eigenvalue weighted by atomic mass is 16.1. The summed E-state index contributed by atoms with van der Waals surface area (Å²) in [5.41, 5.74) is 8.19. The molecular weight excluding hydrogens is 188 g/mol. The number of carbonyl (C=O) groups is 1. The molecule has 1 amide bonds. The highest BCUT2D eigenvalue weighted by molar-refractivity contribution is 5.78. The Morgan fingerprint density at radius 2 is 2.00 bits per heavy atom. The van der Waals surface area contributed by atoms with Crippen LogP contribution in [0.25, 0.3) is 0 Å². The lowest BCUT2D eigenvalue weighted by atomic mass is 9.93. The molecule has 0 aromatic heterocycles. The minimum atomic E-state index is -0.00921. The van der Waals surface area contributed by atoms with E-state index in [9.17, 15) is 4.79 Å². The third kappa shape index (κ3) is 2.36. The van der Waals surface area contributed by atoms with E-state index in [2.05, 4.69) is 36.5 Å². The van der Waals surface area contributed by atoms with E-state index in [0.29, 0.717) is 6.42 Å². The van der Waals surface area contributed by atoms with Gasteiger partial charge in [-0.2, -0.15) is 0 Å². The van der Waals surface area contributed by atoms with Crippen molar-refractivity contribution < 1.29 is 4.79 Å². The summed E-state index contributed by atoms with van der Waals surface area (Å²) in [6, 6.07) is 8.30. The second-order valence-electron chi connectivity index (χ2n) is 4.23. The first-order valence-electron chi connectivity index (χ1n) is 5.26. The number of hydrogen-bond donors (Lipinski definition) is 2. The van der Waals surface area contributed by atoms with Gasteiger partial charge in [0.15, 0.2) is 0 Å². The van der Waals surface area contributed by atoms with E-state index in [1.807, 2.05) is 0 Å². The SMILES string of the molecule is Cc1ccc(C2CC(N)CC(=O)N2)cc1. The molecule has 1 aromatic carbocycles. The number of aryl methyl sites for hydroxylation is 1. The summed E-state index contributed by atoms with van der Waals surface area (Å²) in [5.74, 6) is 0.0549. The van der Waals surface area contributed by atoms with E-state index in [4.69, 9.17) is 5.73 Å². The second-order valence-corrected chi connectivity index (χ2v) is 4.23. The summed E-state index contributed by atoms with van der Waals surface area (Å²) in [4.78, 5) is 11.3. The summed E-state index contributed by atoms with van der Waals surface area (Å²) >= 11 is 0. The van der Waals surface area contributed by atoms with Crippen LogP contribution in [0.4, 0.5) is 0 Å². The molecule has 2 unspecified atom stereocenters. The van der Waals surface area contributed by atoms with Gasteiger partial charge in [0.1, 0.15) is 0 Å². The van der Waals surface area contributed by atoms with Crippen LogP contribution in [0.5, 0.6) is 0 Å². The highest BCUT2D eigenvalue weighted by Gasteiger charge is 2.24. The van der Waals surface area contributed by atoms with E-state index in [0.717, 1.165) is 12.0 Å². The predicted octanol–water partition coefficient (Wildman–Crippen LogP) is 1.27. The summed E-state index contributed by atoms with van der Waals surface area (Å²) in [7, 11) is 0. The van der Waals surface area contributed by atoms with Gasteiger partial charge in [0, 0.05) is 12.5 Å². The Morgan fingerprint density at radius 3 is 2.60 bits per heavy atom. The molecular formula is C12H16N2O. The van der Waals surface area contributed by atoms with Crippen LogP contribution in [-0.4, -0.2) is 11.9 Å². The van der Waals surface area contributed by atoms with Crippen LogP contribution in [0.1, 0.15) is 30.0 Å². The average Bonchev–Trinajstić information content (AvgIpc) is 2.17. The minimum absolute atomic E-state index is 0.00921. The molecule has 2 atom stereocenters. The molecule has 0 saturated carbocycles. The lowest BCUT2D eigenvalue weighted by Gasteiger charge is -2.27. The Morgan fingerprint density at radius 1 is 1.33 bits per heavy atom. The fourth-order valence-electron chi connectivity index (χ4n) is 1.95. The van der Waals surface area contributed by atoms with E-state index in [-0.39, 0.29) is 18.0 Å². The third-order valence-electron chi connectivity index (χ3n) is 2.80. The Bertz CT molecular complexity index is 358. The molecule has 80 valence electrons. The number of nitrogens with one attached hydrogen (secondary N) is 1. The van der Waals surface area contributed by atoms with Crippen LogP contribution >= 0.6 is 0 Å². The maximum atomic E-state index is 11.3. The van der Waals surface area contributed by atoms with E-state index < -0.39 is 0 Å². The number of benzene rings is 1. The van der Waals surface area contributed by atoms with Crippen molar-refractivity contribution in [1.29, 1.82) is 0 Å². The van der Waals surface area contributed by atoms with Gasteiger partial charge in [-0.3, -0.25) is 4.79 Å². The average molecular weight is 204 g/mol. The fourth-order valence-corrected chi connectivity index (χ4v) is 1.95. The second kappa shape index (κ2) is 4.03. The van der Waals surface area contributed by atoms with Crippen molar-refractivity contribution in [2.24, 2.45) is 5.73 Å². The van der Waals surface area contributed by atoms with Gasteiger partial charge in [0.2, 0.25) is 5.91 Å². The molecule has 0 spiro atoms. The molecule has 0 aliphatic carbocycles. The van der Waals surface area contributed by atoms with Crippen LogP contribution in [0.3, 0.4) is 0 Å². The largest absolute Gasteiger partial charge is 0.349 e. The topological polar surface area (TPSA) is 55.1 Å². The molecule has 1 aliphatic heterocycles. The van der Waals surface area contributed by atoms with Crippen LogP contribution < -0.4 is 11.1 Å². The van der Waals surface area contributed by atoms with Crippen molar-refractivity contribution in [2.75, 3.05) is 0 Å². The molecule has 1 fully saturated rings. The van der Waals surface area contributed by atoms with Crippen molar-refractivity contribution >= 4 is 5.91 Å². The first-order chi connectivity index (χ1) is 7.15. The molecule has 1 heterocycles. The monoisotopic (exact) mass is 204 g/mol. The standard InChI is InChI=1S/C12H16N2O/c1-8-2-4-9(5-3-8)11-6-10(13)7-12(15)14-11/h2-5,10-11H,6-7,13H2,1H3,(H,14,15). The molecule has 3 nitrogen and oxygen atoms in total. The van der Waals surface area contributed by atoms with Gasteiger partial charge in [-0.15, -0.1) is 0 Å². The number of piperidine rings is 1. The maximum Gasteiger partial charge on any atom is 0.222 e. The predicted molar refractivity (Wildman–Crippen MR) is 59.3 cm³/mol. The first-order valence-corrected chi connectivity index (χ1v) is 5.26. The number of carbonyl (C=O) groups excluding carboxylic acids is 1. The molecule has 1 saturated heterocycles. The molecule has 1 aromatic rings. The maximum absolute atomic E-state index is 11.3. The van der Waals surface area contributed by atoms with E-state index in [1.165, 1.54) is 5.56 Å². The zero-order valence-electron chi connectivity index (χ0n) is 8.86. The summed E-state index contributed by atoms with van der Waals surface area (Å²) in [6.07, 6.45) is 1.27. The van der Waals surface area contributed by atoms with Crippen molar-refractivity contribution in [3.63, 3.8) is 0 Å². The Balaban J connectivity index is 2.16. The normalized spacial score (nSPS) is 26.1. The molecule has 3 N–H and O–H groups in total. The van der Waals surface area contributed by atoms with Crippen LogP contribution in [0, 0.1) is 6.92 Å². The van der Waals surface area contributed by atoms with Gasteiger partial charge in [-0.05, 0) is 18.9 Å². The lowest BCUT2D eigenvalue weighted by Crippen LogP contribution is -2.42. The Labute approximate surface area is 89.7 Å². The Hall–Kier alpha value is -1.35. The molecule has 2 rings (SSSR count). The van der Waals surface area contributed by atoms with E-state index >= 15 is 0 Å². The zero-order chi connectivity index (χ0) is 10.8. The number of amides is 1. The highest BCUT2D eigenvalue weighted by Crippen LogP contribution is 2.22. The number of nitrogens with two attached hydrogens (primary N) is 1.